The van der Waals surface area contributed by atoms with E-state index in [-0.39, 0.29) is 0 Å². The van der Waals surface area contributed by atoms with Gasteiger partial charge in [-0.05, 0) is 43.2 Å². The van der Waals surface area contributed by atoms with Crippen molar-refractivity contribution < 1.29 is 4.74 Å². The largest absolute Gasteiger partial charge is 0.383 e. The first-order valence-electron chi connectivity index (χ1n) is 10.3. The van der Waals surface area contributed by atoms with Crippen molar-refractivity contribution in [1.29, 1.82) is 0 Å². The van der Waals surface area contributed by atoms with Gasteiger partial charge in [0.1, 0.15) is 0 Å². The van der Waals surface area contributed by atoms with Crippen molar-refractivity contribution in [1.82, 2.24) is 10.6 Å². The molecule has 156 valence electrons. The molecule has 1 aliphatic rings. The predicted octanol–water partition coefficient (Wildman–Crippen LogP) is 3.00. The van der Waals surface area contributed by atoms with Crippen LogP contribution in [0.25, 0.3) is 0 Å². The molecule has 1 heterocycles. The molecular weight excluding hydrogens is 362 g/mol. The molecule has 0 saturated carbocycles. The molecule has 6 nitrogen and oxygen atoms in total. The second kappa shape index (κ2) is 10.7. The van der Waals surface area contributed by atoms with Crippen molar-refractivity contribution in [3.63, 3.8) is 0 Å². The van der Waals surface area contributed by atoms with E-state index in [2.05, 4.69) is 81.3 Å². The third-order valence-corrected chi connectivity index (χ3v) is 5.20. The van der Waals surface area contributed by atoms with Gasteiger partial charge in [-0.1, -0.05) is 29.8 Å². The number of nitrogens with zero attached hydrogens (tertiary/aromatic N) is 2. The summed E-state index contributed by atoms with van der Waals surface area (Å²) in [5.74, 6) is 0.850. The molecule has 1 fully saturated rings. The Bertz CT molecular complexity index is 773. The van der Waals surface area contributed by atoms with Gasteiger partial charge in [0.15, 0.2) is 5.96 Å². The monoisotopic (exact) mass is 395 g/mol. The Kier molecular flexibility index (Phi) is 7.76. The molecule has 1 atom stereocenters. The standard InChI is InChI=1S/C23H33N5O/c1-18-4-10-22(11-5-18)28-14-12-21(17-28)27-23(24-2)26-16-19-6-8-20(9-7-19)25-13-15-29-3/h4-11,21,25H,12-17H2,1-3H3,(H2,24,26,27). The van der Waals surface area contributed by atoms with Gasteiger partial charge in [0.25, 0.3) is 0 Å². The predicted molar refractivity (Wildman–Crippen MR) is 122 cm³/mol. The summed E-state index contributed by atoms with van der Waals surface area (Å²) in [5, 5.41) is 10.3. The highest BCUT2D eigenvalue weighted by Crippen LogP contribution is 2.20. The van der Waals surface area contributed by atoms with Gasteiger partial charge >= 0.3 is 0 Å². The second-order valence-electron chi connectivity index (χ2n) is 7.45. The molecule has 2 aromatic rings. The van der Waals surface area contributed by atoms with Gasteiger partial charge in [-0.3, -0.25) is 4.99 Å². The third kappa shape index (κ3) is 6.39. The van der Waals surface area contributed by atoms with Gasteiger partial charge in [0, 0.05) is 57.8 Å². The molecule has 1 aliphatic heterocycles. The molecule has 0 amide bonds. The average molecular weight is 396 g/mol. The normalized spacial score (nSPS) is 16.7. The maximum absolute atomic E-state index is 5.06. The van der Waals surface area contributed by atoms with Crippen LogP contribution in [0.1, 0.15) is 17.5 Å². The lowest BCUT2D eigenvalue weighted by atomic mass is 10.2. The highest BCUT2D eigenvalue weighted by molar-refractivity contribution is 5.80. The number of methoxy groups -OCH3 is 1. The van der Waals surface area contributed by atoms with Gasteiger partial charge in [-0.15, -0.1) is 0 Å². The van der Waals surface area contributed by atoms with Crippen molar-refractivity contribution >= 4 is 17.3 Å². The van der Waals surface area contributed by atoms with Gasteiger partial charge in [0.05, 0.1) is 6.61 Å². The van der Waals surface area contributed by atoms with Crippen LogP contribution >= 0.6 is 0 Å². The zero-order chi connectivity index (χ0) is 20.5. The molecule has 0 radical (unpaired) electrons. The van der Waals surface area contributed by atoms with E-state index in [9.17, 15) is 0 Å². The van der Waals surface area contributed by atoms with Crippen LogP contribution in [0.2, 0.25) is 0 Å². The molecular formula is C23H33N5O. The Hall–Kier alpha value is -2.73. The summed E-state index contributed by atoms with van der Waals surface area (Å²) in [7, 11) is 3.54. The highest BCUT2D eigenvalue weighted by Gasteiger charge is 2.23. The zero-order valence-electron chi connectivity index (χ0n) is 17.7. The molecule has 0 aliphatic carbocycles. The van der Waals surface area contributed by atoms with Crippen molar-refractivity contribution in [2.75, 3.05) is 50.6 Å². The minimum atomic E-state index is 0.398. The molecule has 1 unspecified atom stereocenters. The fourth-order valence-corrected chi connectivity index (χ4v) is 3.48. The number of ether oxygens (including phenoxy) is 1. The number of hydrogen-bond acceptors (Lipinski definition) is 4. The lowest BCUT2D eigenvalue weighted by Gasteiger charge is -2.20. The van der Waals surface area contributed by atoms with Crippen LogP contribution in [0.5, 0.6) is 0 Å². The summed E-state index contributed by atoms with van der Waals surface area (Å²) in [6.07, 6.45) is 1.11. The number of anilines is 2. The lowest BCUT2D eigenvalue weighted by Crippen LogP contribution is -2.44. The summed E-state index contributed by atoms with van der Waals surface area (Å²) in [6.45, 7) is 6.44. The van der Waals surface area contributed by atoms with Gasteiger partial charge in [-0.2, -0.15) is 0 Å². The summed E-state index contributed by atoms with van der Waals surface area (Å²) in [5.41, 5.74) is 4.92. The maximum Gasteiger partial charge on any atom is 0.191 e. The van der Waals surface area contributed by atoms with Crippen LogP contribution < -0.4 is 20.9 Å². The molecule has 0 aromatic heterocycles. The molecule has 0 spiro atoms. The molecule has 6 heteroatoms. The maximum atomic E-state index is 5.06. The van der Waals surface area contributed by atoms with Crippen LogP contribution in [-0.2, 0) is 11.3 Å². The molecule has 0 bridgehead atoms. The Morgan fingerprint density at radius 1 is 1.14 bits per heavy atom. The molecule has 29 heavy (non-hydrogen) atoms. The van der Waals surface area contributed by atoms with E-state index in [1.807, 2.05) is 7.05 Å². The molecule has 1 saturated heterocycles. The number of hydrogen-bond donors (Lipinski definition) is 3. The van der Waals surface area contributed by atoms with Gasteiger partial charge in [-0.25, -0.2) is 0 Å². The summed E-state index contributed by atoms with van der Waals surface area (Å²) in [6, 6.07) is 17.6. The Balaban J connectivity index is 1.44. The molecule has 3 rings (SSSR count). The molecule has 2 aromatic carbocycles. The van der Waals surface area contributed by atoms with E-state index < -0.39 is 0 Å². The number of aryl methyl sites for hydroxylation is 1. The fraction of sp³-hybridized carbons (Fsp3) is 0.435. The Morgan fingerprint density at radius 2 is 1.90 bits per heavy atom. The first-order valence-corrected chi connectivity index (χ1v) is 10.3. The number of guanidine groups is 1. The zero-order valence-corrected chi connectivity index (χ0v) is 17.7. The first kappa shape index (κ1) is 21.0. The third-order valence-electron chi connectivity index (χ3n) is 5.20. The minimum absolute atomic E-state index is 0.398. The number of nitrogens with one attached hydrogen (secondary N) is 3. The highest BCUT2D eigenvalue weighted by atomic mass is 16.5. The van der Waals surface area contributed by atoms with E-state index in [1.165, 1.54) is 16.8 Å². The minimum Gasteiger partial charge on any atom is -0.383 e. The van der Waals surface area contributed by atoms with Crippen LogP contribution in [-0.4, -0.2) is 52.4 Å². The van der Waals surface area contributed by atoms with Crippen molar-refractivity contribution in [2.24, 2.45) is 4.99 Å². The van der Waals surface area contributed by atoms with Gasteiger partial charge < -0.3 is 25.6 Å². The Labute approximate surface area is 174 Å². The number of rotatable bonds is 8. The quantitative estimate of drug-likeness (QED) is 0.364. The van der Waals surface area contributed by atoms with Crippen LogP contribution in [0.15, 0.2) is 53.5 Å². The molecule has 3 N–H and O–H groups in total. The van der Waals surface area contributed by atoms with E-state index in [1.54, 1.807) is 7.11 Å². The summed E-state index contributed by atoms with van der Waals surface area (Å²) < 4.78 is 5.06. The summed E-state index contributed by atoms with van der Waals surface area (Å²) >= 11 is 0. The first-order chi connectivity index (χ1) is 14.2. The van der Waals surface area contributed by atoms with Gasteiger partial charge in [0.2, 0.25) is 0 Å². The van der Waals surface area contributed by atoms with Crippen LogP contribution in [0.3, 0.4) is 0 Å². The Morgan fingerprint density at radius 3 is 2.59 bits per heavy atom. The second-order valence-corrected chi connectivity index (χ2v) is 7.45. The number of aliphatic imine (C=N–C) groups is 1. The van der Waals surface area contributed by atoms with E-state index in [0.717, 1.165) is 44.2 Å². The summed E-state index contributed by atoms with van der Waals surface area (Å²) in [4.78, 5) is 6.82. The number of benzene rings is 2. The lowest BCUT2D eigenvalue weighted by molar-refractivity contribution is 0.211. The van der Waals surface area contributed by atoms with Crippen molar-refractivity contribution in [3.05, 3.63) is 59.7 Å². The smallest absolute Gasteiger partial charge is 0.191 e. The van der Waals surface area contributed by atoms with Crippen LogP contribution in [0.4, 0.5) is 11.4 Å². The van der Waals surface area contributed by atoms with Crippen molar-refractivity contribution in [2.45, 2.75) is 25.9 Å². The average Bonchev–Trinajstić information content (AvgIpc) is 3.21. The van der Waals surface area contributed by atoms with E-state index >= 15 is 0 Å². The van der Waals surface area contributed by atoms with Crippen LogP contribution in [0, 0.1) is 6.92 Å². The van der Waals surface area contributed by atoms with Crippen molar-refractivity contribution in [3.8, 4) is 0 Å². The fourth-order valence-electron chi connectivity index (χ4n) is 3.48. The van der Waals surface area contributed by atoms with E-state index in [0.29, 0.717) is 12.6 Å². The van der Waals surface area contributed by atoms with E-state index in [4.69, 9.17) is 4.74 Å². The SMILES string of the molecule is CN=C(NCc1ccc(NCCOC)cc1)NC1CCN(c2ccc(C)cc2)C1. The topological polar surface area (TPSA) is 60.9 Å².